The zero-order valence-corrected chi connectivity index (χ0v) is 7.76. The van der Waals surface area contributed by atoms with Gasteiger partial charge >= 0.3 is 0 Å². The van der Waals surface area contributed by atoms with Gasteiger partial charge in [0, 0.05) is 18.1 Å². The minimum atomic E-state index is 0.197. The number of thiophene rings is 1. The van der Waals surface area contributed by atoms with Gasteiger partial charge in [-0.1, -0.05) is 6.07 Å². The summed E-state index contributed by atoms with van der Waals surface area (Å²) in [7, 11) is 0. The van der Waals surface area contributed by atoms with Gasteiger partial charge in [0.25, 0.3) is 0 Å². The molecule has 1 aromatic rings. The number of aliphatic hydroxyl groups is 2. The lowest BCUT2D eigenvalue weighted by atomic mass is 10.0. The van der Waals surface area contributed by atoms with Gasteiger partial charge in [-0.25, -0.2) is 0 Å². The van der Waals surface area contributed by atoms with E-state index in [-0.39, 0.29) is 13.2 Å². The van der Waals surface area contributed by atoms with E-state index in [1.807, 2.05) is 11.4 Å². The lowest BCUT2D eigenvalue weighted by Gasteiger charge is -2.11. The molecule has 2 nitrogen and oxygen atoms in total. The predicted molar refractivity (Wildman–Crippen MR) is 50.5 cm³/mol. The summed E-state index contributed by atoms with van der Waals surface area (Å²) in [5, 5.41) is 19.6. The van der Waals surface area contributed by atoms with Crippen LogP contribution in [0, 0.1) is 0 Å². The van der Waals surface area contributed by atoms with Gasteiger partial charge in [-0.05, 0) is 30.2 Å². The first-order valence-corrected chi connectivity index (χ1v) is 5.01. The summed E-state index contributed by atoms with van der Waals surface area (Å²) >= 11 is 1.69. The zero-order chi connectivity index (χ0) is 8.81. The molecule has 2 N–H and O–H groups in total. The first kappa shape index (κ1) is 9.71. The van der Waals surface area contributed by atoms with E-state index in [0.717, 1.165) is 12.8 Å². The maximum atomic E-state index is 8.79. The van der Waals surface area contributed by atoms with Crippen molar-refractivity contribution in [1.29, 1.82) is 0 Å². The van der Waals surface area contributed by atoms with Crippen LogP contribution in [0.2, 0.25) is 0 Å². The Morgan fingerprint density at radius 2 is 1.92 bits per heavy atom. The molecule has 0 unspecified atom stereocenters. The topological polar surface area (TPSA) is 40.5 Å². The van der Waals surface area contributed by atoms with E-state index in [4.69, 9.17) is 10.2 Å². The van der Waals surface area contributed by atoms with Crippen molar-refractivity contribution >= 4 is 11.3 Å². The fraction of sp³-hybridized carbons (Fsp3) is 0.556. The second kappa shape index (κ2) is 5.30. The van der Waals surface area contributed by atoms with Crippen LogP contribution in [0.5, 0.6) is 0 Å². The molecular weight excluding hydrogens is 172 g/mol. The Labute approximate surface area is 76.5 Å². The smallest absolute Gasteiger partial charge is 0.0437 e. The Morgan fingerprint density at radius 3 is 2.33 bits per heavy atom. The molecule has 68 valence electrons. The van der Waals surface area contributed by atoms with Crippen LogP contribution in [0.3, 0.4) is 0 Å². The van der Waals surface area contributed by atoms with Crippen molar-refractivity contribution in [3.63, 3.8) is 0 Å². The molecular formula is C9H14O2S. The van der Waals surface area contributed by atoms with Crippen LogP contribution in [0.4, 0.5) is 0 Å². The van der Waals surface area contributed by atoms with Crippen molar-refractivity contribution < 1.29 is 10.2 Å². The molecule has 1 rings (SSSR count). The first-order chi connectivity index (χ1) is 5.88. The molecule has 0 fully saturated rings. The van der Waals surface area contributed by atoms with E-state index < -0.39 is 0 Å². The third kappa shape index (κ3) is 2.59. The van der Waals surface area contributed by atoms with E-state index in [2.05, 4.69) is 6.07 Å². The van der Waals surface area contributed by atoms with Gasteiger partial charge in [0.2, 0.25) is 0 Å². The zero-order valence-electron chi connectivity index (χ0n) is 6.94. The molecule has 0 radical (unpaired) electrons. The Balaban J connectivity index is 2.53. The molecule has 0 aliphatic heterocycles. The van der Waals surface area contributed by atoms with E-state index in [0.29, 0.717) is 5.92 Å². The van der Waals surface area contributed by atoms with E-state index in [1.165, 1.54) is 4.88 Å². The lowest BCUT2D eigenvalue weighted by Crippen LogP contribution is -2.01. The average Bonchev–Trinajstić information content (AvgIpc) is 2.56. The Morgan fingerprint density at radius 1 is 1.25 bits per heavy atom. The highest BCUT2D eigenvalue weighted by Crippen LogP contribution is 2.26. The normalized spacial score (nSPS) is 10.9. The van der Waals surface area contributed by atoms with Crippen molar-refractivity contribution in [2.75, 3.05) is 13.2 Å². The second-order valence-electron chi connectivity index (χ2n) is 2.74. The molecule has 12 heavy (non-hydrogen) atoms. The summed E-state index contributed by atoms with van der Waals surface area (Å²) in [6.07, 6.45) is 1.50. The summed E-state index contributed by atoms with van der Waals surface area (Å²) in [6.45, 7) is 0.394. The van der Waals surface area contributed by atoms with E-state index >= 15 is 0 Å². The van der Waals surface area contributed by atoms with Crippen LogP contribution < -0.4 is 0 Å². The molecule has 0 aromatic carbocycles. The van der Waals surface area contributed by atoms with Gasteiger partial charge in [0.15, 0.2) is 0 Å². The van der Waals surface area contributed by atoms with Crippen LogP contribution in [-0.4, -0.2) is 23.4 Å². The largest absolute Gasteiger partial charge is 0.396 e. The van der Waals surface area contributed by atoms with Crippen LogP contribution in [0.1, 0.15) is 23.6 Å². The maximum absolute atomic E-state index is 8.79. The fourth-order valence-electron chi connectivity index (χ4n) is 1.26. The van der Waals surface area contributed by atoms with Gasteiger partial charge in [-0.2, -0.15) is 0 Å². The minimum absolute atomic E-state index is 0.197. The SMILES string of the molecule is OCCC(CCO)c1cccs1. The monoisotopic (exact) mass is 186 g/mol. The third-order valence-electron chi connectivity index (χ3n) is 1.90. The van der Waals surface area contributed by atoms with Crippen LogP contribution in [0.25, 0.3) is 0 Å². The molecule has 0 aliphatic rings. The predicted octanol–water partition coefficient (Wildman–Crippen LogP) is 1.60. The van der Waals surface area contributed by atoms with Crippen molar-refractivity contribution in [2.45, 2.75) is 18.8 Å². The fourth-order valence-corrected chi connectivity index (χ4v) is 2.16. The molecule has 0 bridgehead atoms. The second-order valence-corrected chi connectivity index (χ2v) is 3.72. The van der Waals surface area contributed by atoms with Gasteiger partial charge in [0.1, 0.15) is 0 Å². The lowest BCUT2D eigenvalue weighted by molar-refractivity contribution is 0.243. The van der Waals surface area contributed by atoms with Crippen molar-refractivity contribution in [3.05, 3.63) is 22.4 Å². The number of aliphatic hydroxyl groups excluding tert-OH is 2. The Hall–Kier alpha value is -0.380. The molecule has 0 atom stereocenters. The maximum Gasteiger partial charge on any atom is 0.0437 e. The van der Waals surface area contributed by atoms with Crippen molar-refractivity contribution in [3.8, 4) is 0 Å². The summed E-state index contributed by atoms with van der Waals surface area (Å²) < 4.78 is 0. The summed E-state index contributed by atoms with van der Waals surface area (Å²) in [6, 6.07) is 4.06. The van der Waals surface area contributed by atoms with Crippen LogP contribution >= 0.6 is 11.3 Å². The van der Waals surface area contributed by atoms with Gasteiger partial charge in [0.05, 0.1) is 0 Å². The van der Waals surface area contributed by atoms with Crippen LogP contribution in [0.15, 0.2) is 17.5 Å². The summed E-state index contributed by atoms with van der Waals surface area (Å²) in [5.41, 5.74) is 0. The number of rotatable bonds is 5. The first-order valence-electron chi connectivity index (χ1n) is 4.13. The number of hydrogen-bond acceptors (Lipinski definition) is 3. The quantitative estimate of drug-likeness (QED) is 0.733. The molecule has 3 heteroatoms. The van der Waals surface area contributed by atoms with Crippen molar-refractivity contribution in [1.82, 2.24) is 0 Å². The van der Waals surface area contributed by atoms with E-state index in [9.17, 15) is 0 Å². The average molecular weight is 186 g/mol. The van der Waals surface area contributed by atoms with Gasteiger partial charge < -0.3 is 10.2 Å². The van der Waals surface area contributed by atoms with E-state index in [1.54, 1.807) is 11.3 Å². The van der Waals surface area contributed by atoms with Crippen molar-refractivity contribution in [2.24, 2.45) is 0 Å². The molecule has 1 aromatic heterocycles. The minimum Gasteiger partial charge on any atom is -0.396 e. The Kier molecular flexibility index (Phi) is 4.29. The van der Waals surface area contributed by atoms with Crippen LogP contribution in [-0.2, 0) is 0 Å². The molecule has 0 spiro atoms. The third-order valence-corrected chi connectivity index (χ3v) is 2.94. The highest BCUT2D eigenvalue weighted by atomic mass is 32.1. The number of hydrogen-bond donors (Lipinski definition) is 2. The molecule has 1 heterocycles. The Bertz CT molecular complexity index is 190. The standard InChI is InChI=1S/C9H14O2S/c10-5-3-8(4-6-11)9-2-1-7-12-9/h1-2,7-8,10-11H,3-6H2. The molecule has 0 saturated carbocycles. The molecule has 0 aliphatic carbocycles. The van der Waals surface area contributed by atoms with Gasteiger partial charge in [-0.15, -0.1) is 11.3 Å². The molecule has 0 saturated heterocycles. The highest BCUT2D eigenvalue weighted by molar-refractivity contribution is 7.10. The summed E-state index contributed by atoms with van der Waals surface area (Å²) in [5.74, 6) is 0.333. The summed E-state index contributed by atoms with van der Waals surface area (Å²) in [4.78, 5) is 1.26. The molecule has 0 amide bonds. The highest BCUT2D eigenvalue weighted by Gasteiger charge is 2.10. The van der Waals surface area contributed by atoms with Gasteiger partial charge in [-0.3, -0.25) is 0 Å².